The molecule has 1 saturated carbocycles. The van der Waals surface area contributed by atoms with Gasteiger partial charge in [-0.1, -0.05) is 19.1 Å². The second-order valence-electron chi connectivity index (χ2n) is 3.68. The van der Waals surface area contributed by atoms with Crippen molar-refractivity contribution in [1.82, 2.24) is 5.32 Å². The van der Waals surface area contributed by atoms with Gasteiger partial charge in [0.25, 0.3) is 0 Å². The highest BCUT2D eigenvalue weighted by molar-refractivity contribution is 7.83. The van der Waals surface area contributed by atoms with Crippen LogP contribution in [-0.4, -0.2) is 6.54 Å². The van der Waals surface area contributed by atoms with Crippen molar-refractivity contribution in [3.8, 4) is 0 Å². The van der Waals surface area contributed by atoms with Gasteiger partial charge in [0.15, 0.2) is 0 Å². The predicted octanol–water partition coefficient (Wildman–Crippen LogP) is 3.10. The van der Waals surface area contributed by atoms with E-state index in [1.807, 2.05) is 0 Å². The zero-order chi connectivity index (χ0) is 9.52. The molecule has 1 rings (SSSR count). The van der Waals surface area contributed by atoms with Gasteiger partial charge in [0.05, 0.1) is 5.70 Å². The van der Waals surface area contributed by atoms with Crippen molar-refractivity contribution < 1.29 is 0 Å². The van der Waals surface area contributed by atoms with Crippen LogP contribution in [0.15, 0.2) is 16.8 Å². The minimum absolute atomic E-state index is 0.929. The molecule has 13 heavy (non-hydrogen) atoms. The third-order valence-electron chi connectivity index (χ3n) is 2.32. The molecule has 1 fully saturated rings. The second kappa shape index (κ2) is 6.17. The van der Waals surface area contributed by atoms with Gasteiger partial charge in [-0.25, -0.2) is 0 Å². The number of hydrogen-bond donors (Lipinski definition) is 2. The summed E-state index contributed by atoms with van der Waals surface area (Å²) in [6.07, 6.45) is 6.39. The minimum atomic E-state index is 0.929. The number of allylic oxidation sites excluding steroid dienone is 1. The molecule has 1 aliphatic rings. The van der Waals surface area contributed by atoms with E-state index >= 15 is 0 Å². The molecule has 0 aromatic heterocycles. The Morgan fingerprint density at radius 3 is 2.92 bits per heavy atom. The molecule has 0 radical (unpaired) electrons. The average molecular weight is 197 g/mol. The lowest BCUT2D eigenvalue weighted by Crippen LogP contribution is -2.15. The number of nitrogens with one attached hydrogen (secondary N) is 1. The lowest BCUT2D eigenvalue weighted by Gasteiger charge is -2.06. The summed E-state index contributed by atoms with van der Waals surface area (Å²) < 4.78 is 0. The van der Waals surface area contributed by atoms with Gasteiger partial charge in [-0.2, -0.15) is 0 Å². The summed E-state index contributed by atoms with van der Waals surface area (Å²) in [5, 5.41) is 5.14. The van der Waals surface area contributed by atoms with Crippen LogP contribution < -0.4 is 5.32 Å². The number of unbranched alkanes of at least 4 members (excludes halogenated alkanes) is 1. The molecule has 0 amide bonds. The number of thiol groups is 1. The molecule has 2 heteroatoms. The summed E-state index contributed by atoms with van der Waals surface area (Å²) in [5.41, 5.74) is 4.37. The van der Waals surface area contributed by atoms with E-state index in [4.69, 9.17) is 0 Å². The van der Waals surface area contributed by atoms with E-state index in [9.17, 15) is 0 Å². The molecular weight excluding hydrogens is 178 g/mol. The Morgan fingerprint density at radius 2 is 2.38 bits per heavy atom. The van der Waals surface area contributed by atoms with Gasteiger partial charge in [0, 0.05) is 12.0 Å². The Kier molecular flexibility index (Phi) is 5.10. The molecule has 0 aliphatic heterocycles. The van der Waals surface area contributed by atoms with Gasteiger partial charge in [-0.3, -0.25) is 0 Å². The molecule has 1 N–H and O–H groups in total. The molecule has 0 unspecified atom stereocenters. The van der Waals surface area contributed by atoms with Crippen LogP contribution in [0.25, 0.3) is 0 Å². The second-order valence-corrected chi connectivity index (χ2v) is 3.94. The Bertz CT molecular complexity index is 200. The number of rotatable bonds is 6. The topological polar surface area (TPSA) is 12.0 Å². The summed E-state index contributed by atoms with van der Waals surface area (Å²) in [4.78, 5) is 0. The SMILES string of the molecule is CCCCC(=C=CS)NCC1CC1. The third kappa shape index (κ3) is 5.07. The van der Waals surface area contributed by atoms with Crippen LogP contribution in [0.1, 0.15) is 39.0 Å². The van der Waals surface area contributed by atoms with E-state index in [1.165, 1.54) is 31.4 Å². The van der Waals surface area contributed by atoms with E-state index in [2.05, 4.69) is 30.6 Å². The van der Waals surface area contributed by atoms with E-state index in [0.29, 0.717) is 0 Å². The lowest BCUT2D eigenvalue weighted by atomic mass is 10.2. The van der Waals surface area contributed by atoms with Crippen LogP contribution in [0.5, 0.6) is 0 Å². The Hall–Kier alpha value is -0.330. The third-order valence-corrected chi connectivity index (χ3v) is 2.45. The van der Waals surface area contributed by atoms with E-state index in [-0.39, 0.29) is 0 Å². The molecular formula is C11H19NS. The van der Waals surface area contributed by atoms with Gasteiger partial charge < -0.3 is 5.32 Å². The number of hydrogen-bond acceptors (Lipinski definition) is 2. The maximum absolute atomic E-state index is 4.05. The Labute approximate surface area is 86.7 Å². The fraction of sp³-hybridized carbons (Fsp3) is 0.727. The Balaban J connectivity index is 2.24. The van der Waals surface area contributed by atoms with Crippen LogP contribution in [0.4, 0.5) is 0 Å². The Morgan fingerprint density at radius 1 is 1.62 bits per heavy atom. The van der Waals surface area contributed by atoms with E-state index < -0.39 is 0 Å². The highest BCUT2D eigenvalue weighted by Gasteiger charge is 2.20. The average Bonchev–Trinajstić information content (AvgIpc) is 2.93. The molecule has 1 nitrogen and oxygen atoms in total. The summed E-state index contributed by atoms with van der Waals surface area (Å²) in [5.74, 6) is 0.929. The molecule has 0 spiro atoms. The summed E-state index contributed by atoms with van der Waals surface area (Å²) in [6, 6.07) is 0. The maximum atomic E-state index is 4.05. The smallest absolute Gasteiger partial charge is 0.0543 e. The van der Waals surface area contributed by atoms with Gasteiger partial charge in [0.2, 0.25) is 0 Å². The summed E-state index contributed by atoms with van der Waals surface area (Å²) in [6.45, 7) is 3.34. The fourth-order valence-corrected chi connectivity index (χ4v) is 1.39. The first-order chi connectivity index (χ1) is 6.36. The molecule has 0 saturated heterocycles. The lowest BCUT2D eigenvalue weighted by molar-refractivity contribution is 0.664. The van der Waals surface area contributed by atoms with Crippen LogP contribution in [-0.2, 0) is 0 Å². The van der Waals surface area contributed by atoms with Gasteiger partial charge in [-0.05, 0) is 31.6 Å². The van der Waals surface area contributed by atoms with Crippen LogP contribution >= 0.6 is 12.6 Å². The van der Waals surface area contributed by atoms with Crippen molar-refractivity contribution >= 4 is 12.6 Å². The van der Waals surface area contributed by atoms with Gasteiger partial charge in [-0.15, -0.1) is 12.6 Å². The van der Waals surface area contributed by atoms with Crippen molar-refractivity contribution in [3.63, 3.8) is 0 Å². The zero-order valence-electron chi connectivity index (χ0n) is 8.34. The van der Waals surface area contributed by atoms with Crippen molar-refractivity contribution in [3.05, 3.63) is 16.8 Å². The maximum Gasteiger partial charge on any atom is 0.0543 e. The first-order valence-corrected chi connectivity index (χ1v) is 5.70. The van der Waals surface area contributed by atoms with Crippen molar-refractivity contribution in [2.24, 2.45) is 5.92 Å². The minimum Gasteiger partial charge on any atom is -0.382 e. The van der Waals surface area contributed by atoms with Gasteiger partial charge >= 0.3 is 0 Å². The quantitative estimate of drug-likeness (QED) is 0.492. The molecule has 1 aliphatic carbocycles. The normalized spacial score (nSPS) is 14.9. The molecule has 74 valence electrons. The largest absolute Gasteiger partial charge is 0.382 e. The first kappa shape index (κ1) is 10.7. The van der Waals surface area contributed by atoms with Gasteiger partial charge in [0.1, 0.15) is 0 Å². The fourth-order valence-electron chi connectivity index (χ4n) is 1.23. The standard InChI is InChI=1S/C11H19NS/c1-2-3-4-11(7-8-13)12-9-10-5-6-10/h8,10,12-13H,2-6,9H2,1H3. The monoisotopic (exact) mass is 197 g/mol. The van der Waals surface area contributed by atoms with E-state index in [0.717, 1.165) is 18.9 Å². The van der Waals surface area contributed by atoms with Crippen LogP contribution in [0.3, 0.4) is 0 Å². The van der Waals surface area contributed by atoms with E-state index in [1.54, 1.807) is 5.41 Å². The summed E-state index contributed by atoms with van der Waals surface area (Å²) >= 11 is 4.05. The highest BCUT2D eigenvalue weighted by Crippen LogP contribution is 2.27. The molecule has 0 atom stereocenters. The molecule has 0 aromatic rings. The predicted molar refractivity (Wildman–Crippen MR) is 60.8 cm³/mol. The summed E-state index contributed by atoms with van der Waals surface area (Å²) in [7, 11) is 0. The molecule has 0 aromatic carbocycles. The highest BCUT2D eigenvalue weighted by atomic mass is 32.1. The molecule has 0 bridgehead atoms. The zero-order valence-corrected chi connectivity index (χ0v) is 9.24. The molecule has 0 heterocycles. The van der Waals surface area contributed by atoms with Crippen molar-refractivity contribution in [1.29, 1.82) is 0 Å². The van der Waals surface area contributed by atoms with Crippen LogP contribution in [0.2, 0.25) is 0 Å². The van der Waals surface area contributed by atoms with Crippen molar-refractivity contribution in [2.45, 2.75) is 39.0 Å². The first-order valence-electron chi connectivity index (χ1n) is 5.19. The van der Waals surface area contributed by atoms with Crippen LogP contribution in [0, 0.1) is 5.92 Å². The van der Waals surface area contributed by atoms with Crippen molar-refractivity contribution in [2.75, 3.05) is 6.54 Å².